The monoisotopic (exact) mass is 323 g/mol. The molecular formula is C12H14BrN5O. The highest BCUT2D eigenvalue weighted by atomic mass is 79.9. The number of benzene rings is 1. The Hall–Kier alpha value is -1.73. The molecule has 2 aromatic rings. The maximum absolute atomic E-state index is 11.9. The molecule has 0 saturated carbocycles. The third kappa shape index (κ3) is 3.62. The number of carbonyl (C=O) groups is 1. The quantitative estimate of drug-likeness (QED) is 0.891. The number of hydrogen-bond donors (Lipinski definition) is 2. The fourth-order valence-electron chi connectivity index (χ4n) is 1.58. The highest BCUT2D eigenvalue weighted by Crippen LogP contribution is 2.20. The molecule has 0 spiro atoms. The van der Waals surface area contributed by atoms with Gasteiger partial charge in [0.1, 0.15) is 6.54 Å². The zero-order chi connectivity index (χ0) is 13.8. The van der Waals surface area contributed by atoms with E-state index in [1.165, 1.54) is 4.68 Å². The van der Waals surface area contributed by atoms with Crippen LogP contribution in [0.25, 0.3) is 0 Å². The van der Waals surface area contributed by atoms with Gasteiger partial charge in [-0.1, -0.05) is 27.2 Å². The number of nitrogens with one attached hydrogen (secondary N) is 1. The number of nitrogens with zero attached hydrogens (tertiary/aromatic N) is 3. The van der Waals surface area contributed by atoms with Crippen LogP contribution in [0.1, 0.15) is 11.3 Å². The Kier molecular flexibility index (Phi) is 4.28. The Morgan fingerprint density at radius 3 is 3.00 bits per heavy atom. The zero-order valence-corrected chi connectivity index (χ0v) is 12.0. The van der Waals surface area contributed by atoms with E-state index >= 15 is 0 Å². The van der Waals surface area contributed by atoms with E-state index in [1.54, 1.807) is 6.20 Å². The van der Waals surface area contributed by atoms with Gasteiger partial charge in [0.15, 0.2) is 0 Å². The number of halogens is 1. The van der Waals surface area contributed by atoms with E-state index in [0.29, 0.717) is 12.2 Å². The lowest BCUT2D eigenvalue weighted by molar-refractivity contribution is -0.116. The maximum atomic E-state index is 11.9. The van der Waals surface area contributed by atoms with E-state index in [2.05, 4.69) is 31.6 Å². The van der Waals surface area contributed by atoms with E-state index in [1.807, 2.05) is 25.1 Å². The van der Waals surface area contributed by atoms with Crippen molar-refractivity contribution in [3.8, 4) is 0 Å². The summed E-state index contributed by atoms with van der Waals surface area (Å²) in [6, 6.07) is 5.72. The molecule has 0 aliphatic rings. The summed E-state index contributed by atoms with van der Waals surface area (Å²) in [5.41, 5.74) is 7.87. The number of aromatic nitrogens is 3. The summed E-state index contributed by atoms with van der Waals surface area (Å²) in [4.78, 5) is 11.9. The van der Waals surface area contributed by atoms with E-state index in [-0.39, 0.29) is 12.5 Å². The molecule has 3 N–H and O–H groups in total. The number of amides is 1. The van der Waals surface area contributed by atoms with Crippen LogP contribution >= 0.6 is 15.9 Å². The summed E-state index contributed by atoms with van der Waals surface area (Å²) in [6.07, 6.45) is 1.66. The van der Waals surface area contributed by atoms with Gasteiger partial charge < -0.3 is 11.1 Å². The first kappa shape index (κ1) is 13.7. The highest BCUT2D eigenvalue weighted by molar-refractivity contribution is 9.10. The molecule has 0 fully saturated rings. The molecule has 2 rings (SSSR count). The fraction of sp³-hybridized carbons (Fsp3) is 0.250. The summed E-state index contributed by atoms with van der Waals surface area (Å²) in [7, 11) is 0. The molecule has 1 aromatic carbocycles. The van der Waals surface area contributed by atoms with Crippen molar-refractivity contribution in [3.63, 3.8) is 0 Å². The smallest absolute Gasteiger partial charge is 0.246 e. The fourth-order valence-corrected chi connectivity index (χ4v) is 1.94. The summed E-state index contributed by atoms with van der Waals surface area (Å²) in [5, 5.41) is 10.5. The molecule has 1 amide bonds. The number of aryl methyl sites for hydroxylation is 1. The van der Waals surface area contributed by atoms with Crippen molar-refractivity contribution < 1.29 is 4.79 Å². The Morgan fingerprint density at radius 2 is 2.32 bits per heavy atom. The summed E-state index contributed by atoms with van der Waals surface area (Å²) < 4.78 is 2.38. The number of hydrogen-bond acceptors (Lipinski definition) is 4. The van der Waals surface area contributed by atoms with Gasteiger partial charge in [-0.15, -0.1) is 5.10 Å². The van der Waals surface area contributed by atoms with Crippen molar-refractivity contribution in [2.24, 2.45) is 5.73 Å². The van der Waals surface area contributed by atoms with Crippen molar-refractivity contribution in [2.75, 3.05) is 5.32 Å². The van der Waals surface area contributed by atoms with E-state index in [4.69, 9.17) is 5.73 Å². The minimum Gasteiger partial charge on any atom is -0.325 e. The molecule has 0 saturated heterocycles. The Bertz CT molecular complexity index is 596. The minimum absolute atomic E-state index is 0.110. The van der Waals surface area contributed by atoms with Crippen LogP contribution in [0.2, 0.25) is 0 Å². The van der Waals surface area contributed by atoms with Crippen molar-refractivity contribution in [1.29, 1.82) is 0 Å². The lowest BCUT2D eigenvalue weighted by Crippen LogP contribution is -2.19. The van der Waals surface area contributed by atoms with Gasteiger partial charge in [0, 0.05) is 16.7 Å². The average molecular weight is 324 g/mol. The molecule has 0 aliphatic carbocycles. The zero-order valence-electron chi connectivity index (χ0n) is 10.4. The van der Waals surface area contributed by atoms with Gasteiger partial charge in [0.25, 0.3) is 0 Å². The number of nitrogens with two attached hydrogens (primary N) is 1. The van der Waals surface area contributed by atoms with Crippen LogP contribution in [-0.2, 0) is 17.9 Å². The van der Waals surface area contributed by atoms with Crippen LogP contribution in [0.3, 0.4) is 0 Å². The first-order valence-corrected chi connectivity index (χ1v) is 6.53. The second-order valence-electron chi connectivity index (χ2n) is 4.12. The normalized spacial score (nSPS) is 10.5. The third-order valence-electron chi connectivity index (χ3n) is 2.57. The molecule has 19 heavy (non-hydrogen) atoms. The largest absolute Gasteiger partial charge is 0.325 e. The van der Waals surface area contributed by atoms with Gasteiger partial charge in [-0.05, 0) is 24.6 Å². The molecule has 7 heteroatoms. The molecule has 6 nitrogen and oxygen atoms in total. The summed E-state index contributed by atoms with van der Waals surface area (Å²) in [5.74, 6) is -0.158. The first-order valence-electron chi connectivity index (χ1n) is 5.73. The van der Waals surface area contributed by atoms with Crippen LogP contribution in [0, 0.1) is 6.92 Å². The summed E-state index contributed by atoms with van der Waals surface area (Å²) >= 11 is 3.37. The predicted molar refractivity (Wildman–Crippen MR) is 75.4 cm³/mol. The van der Waals surface area contributed by atoms with E-state index in [0.717, 1.165) is 15.7 Å². The standard InChI is InChI=1S/C12H14BrN5O/c1-8-2-3-9(13)4-11(8)15-12(19)7-18-6-10(5-14)16-17-18/h2-4,6H,5,7,14H2,1H3,(H,15,19). The van der Waals surface area contributed by atoms with E-state index in [9.17, 15) is 4.79 Å². The van der Waals surface area contributed by atoms with Crippen molar-refractivity contribution >= 4 is 27.5 Å². The van der Waals surface area contributed by atoms with Gasteiger partial charge in [-0.25, -0.2) is 4.68 Å². The Balaban J connectivity index is 2.03. The SMILES string of the molecule is Cc1ccc(Br)cc1NC(=O)Cn1cc(CN)nn1. The van der Waals surface area contributed by atoms with Gasteiger partial charge in [0.05, 0.1) is 11.9 Å². The molecule has 0 bridgehead atoms. The summed E-state index contributed by atoms with van der Waals surface area (Å²) in [6.45, 7) is 2.36. The van der Waals surface area contributed by atoms with Gasteiger partial charge in [-0.3, -0.25) is 4.79 Å². The molecule has 0 atom stereocenters. The van der Waals surface area contributed by atoms with Crippen LogP contribution in [-0.4, -0.2) is 20.9 Å². The van der Waals surface area contributed by atoms with Crippen molar-refractivity contribution in [3.05, 3.63) is 40.1 Å². The first-order chi connectivity index (χ1) is 9.08. The average Bonchev–Trinajstić information content (AvgIpc) is 2.81. The van der Waals surface area contributed by atoms with Crippen LogP contribution in [0.4, 0.5) is 5.69 Å². The highest BCUT2D eigenvalue weighted by Gasteiger charge is 2.07. The molecule has 0 aliphatic heterocycles. The molecule has 0 radical (unpaired) electrons. The van der Waals surface area contributed by atoms with Crippen LogP contribution < -0.4 is 11.1 Å². The lowest BCUT2D eigenvalue weighted by Gasteiger charge is -2.08. The number of carbonyl (C=O) groups excluding carboxylic acids is 1. The van der Waals surface area contributed by atoms with Crippen LogP contribution in [0.15, 0.2) is 28.9 Å². The number of rotatable bonds is 4. The molecule has 1 heterocycles. The Labute approximate surface area is 119 Å². The van der Waals surface area contributed by atoms with Gasteiger partial charge in [0.2, 0.25) is 5.91 Å². The second-order valence-corrected chi connectivity index (χ2v) is 5.03. The van der Waals surface area contributed by atoms with E-state index < -0.39 is 0 Å². The second kappa shape index (κ2) is 5.94. The predicted octanol–water partition coefficient (Wildman–Crippen LogP) is 1.45. The minimum atomic E-state index is -0.158. The molecule has 0 unspecified atom stereocenters. The van der Waals surface area contributed by atoms with Gasteiger partial charge in [-0.2, -0.15) is 0 Å². The number of anilines is 1. The Morgan fingerprint density at radius 1 is 1.53 bits per heavy atom. The maximum Gasteiger partial charge on any atom is 0.246 e. The molecule has 100 valence electrons. The van der Waals surface area contributed by atoms with Crippen molar-refractivity contribution in [2.45, 2.75) is 20.0 Å². The third-order valence-corrected chi connectivity index (χ3v) is 3.07. The topological polar surface area (TPSA) is 85.8 Å². The molecular weight excluding hydrogens is 310 g/mol. The van der Waals surface area contributed by atoms with Crippen molar-refractivity contribution in [1.82, 2.24) is 15.0 Å². The lowest BCUT2D eigenvalue weighted by atomic mass is 10.2. The molecule has 1 aromatic heterocycles. The van der Waals surface area contributed by atoms with Crippen LogP contribution in [0.5, 0.6) is 0 Å². The van der Waals surface area contributed by atoms with Gasteiger partial charge >= 0.3 is 0 Å².